The maximum atomic E-state index is 12.0. The van der Waals surface area contributed by atoms with Crippen molar-refractivity contribution >= 4 is 21.7 Å². The number of unbranched alkanes of at least 4 members (excludes halogenated alkanes) is 13. The van der Waals surface area contributed by atoms with E-state index in [0.717, 1.165) is 19.3 Å². The van der Waals surface area contributed by atoms with Crippen LogP contribution in [0.4, 0.5) is 0 Å². The van der Waals surface area contributed by atoms with Crippen LogP contribution in [0.2, 0.25) is 0 Å². The zero-order valence-corrected chi connectivity index (χ0v) is 19.9. The summed E-state index contributed by atoms with van der Waals surface area (Å²) in [5.41, 5.74) is 0. The SMILES string of the molecule is CCCCCCCCCCCCCCCCOC1C=C(Br)C(=O)C(CCC)O1. The van der Waals surface area contributed by atoms with Crippen LogP contribution in [-0.2, 0) is 14.3 Å². The van der Waals surface area contributed by atoms with Crippen LogP contribution in [0.1, 0.15) is 117 Å². The van der Waals surface area contributed by atoms with Crippen LogP contribution in [0, 0.1) is 0 Å². The standard InChI is InChI=1S/C24H43BrO3/c1-3-5-6-7-8-9-10-11-12-13-14-15-16-17-19-27-23-20-21(25)24(26)22(28-23)18-4-2/h20,22-23H,3-19H2,1-2H3. The Bertz CT molecular complexity index is 422. The Hall–Kier alpha value is -0.190. The highest BCUT2D eigenvalue weighted by Crippen LogP contribution is 2.24. The molecule has 0 amide bonds. The highest BCUT2D eigenvalue weighted by molar-refractivity contribution is 9.12. The summed E-state index contributed by atoms with van der Waals surface area (Å²) in [7, 11) is 0. The van der Waals surface area contributed by atoms with Crippen LogP contribution in [0.25, 0.3) is 0 Å². The van der Waals surface area contributed by atoms with Crippen molar-refractivity contribution in [2.24, 2.45) is 0 Å². The predicted octanol–water partition coefficient (Wildman–Crippen LogP) is 7.86. The molecule has 164 valence electrons. The number of Topliss-reactive ketones (excluding diaryl/α,β-unsaturated/α-hetero) is 1. The van der Waals surface area contributed by atoms with Crippen molar-refractivity contribution in [1.29, 1.82) is 0 Å². The van der Waals surface area contributed by atoms with Gasteiger partial charge >= 0.3 is 0 Å². The van der Waals surface area contributed by atoms with E-state index in [9.17, 15) is 4.79 Å². The van der Waals surface area contributed by atoms with Crippen molar-refractivity contribution in [3.8, 4) is 0 Å². The Morgan fingerprint density at radius 1 is 0.821 bits per heavy atom. The first-order valence-electron chi connectivity index (χ1n) is 11.9. The maximum Gasteiger partial charge on any atom is 0.198 e. The number of carbonyl (C=O) groups is 1. The predicted molar refractivity (Wildman–Crippen MR) is 122 cm³/mol. The van der Waals surface area contributed by atoms with Gasteiger partial charge in [-0.3, -0.25) is 4.79 Å². The summed E-state index contributed by atoms with van der Waals surface area (Å²) in [6.45, 7) is 5.04. The smallest absolute Gasteiger partial charge is 0.198 e. The lowest BCUT2D eigenvalue weighted by molar-refractivity contribution is -0.164. The van der Waals surface area contributed by atoms with Gasteiger partial charge in [-0.1, -0.05) is 104 Å². The molecule has 1 rings (SSSR count). The second-order valence-corrected chi connectivity index (χ2v) is 8.98. The van der Waals surface area contributed by atoms with Gasteiger partial charge in [0.05, 0.1) is 11.1 Å². The van der Waals surface area contributed by atoms with E-state index in [1.165, 1.54) is 83.5 Å². The zero-order valence-electron chi connectivity index (χ0n) is 18.4. The van der Waals surface area contributed by atoms with E-state index >= 15 is 0 Å². The van der Waals surface area contributed by atoms with Crippen molar-refractivity contribution < 1.29 is 14.3 Å². The van der Waals surface area contributed by atoms with Crippen molar-refractivity contribution in [1.82, 2.24) is 0 Å². The third kappa shape index (κ3) is 12.4. The van der Waals surface area contributed by atoms with Crippen LogP contribution in [0.15, 0.2) is 10.6 Å². The van der Waals surface area contributed by atoms with Gasteiger partial charge in [0, 0.05) is 0 Å². The van der Waals surface area contributed by atoms with Crippen LogP contribution < -0.4 is 0 Å². The van der Waals surface area contributed by atoms with E-state index < -0.39 is 0 Å². The topological polar surface area (TPSA) is 35.5 Å². The van der Waals surface area contributed by atoms with E-state index in [1.807, 2.05) is 0 Å². The first-order chi connectivity index (χ1) is 13.7. The molecule has 3 nitrogen and oxygen atoms in total. The van der Waals surface area contributed by atoms with Crippen LogP contribution in [-0.4, -0.2) is 24.8 Å². The molecule has 0 saturated heterocycles. The summed E-state index contributed by atoms with van der Waals surface area (Å²) in [4.78, 5) is 12.0. The molecule has 1 heterocycles. The molecule has 0 aliphatic carbocycles. The van der Waals surface area contributed by atoms with Crippen LogP contribution in [0.5, 0.6) is 0 Å². The average Bonchev–Trinajstić information content (AvgIpc) is 2.68. The molecule has 0 saturated carbocycles. The Morgan fingerprint density at radius 3 is 1.82 bits per heavy atom. The average molecular weight is 460 g/mol. The number of halogens is 1. The zero-order chi connectivity index (χ0) is 20.5. The highest BCUT2D eigenvalue weighted by Gasteiger charge is 2.29. The molecule has 0 radical (unpaired) electrons. The molecule has 28 heavy (non-hydrogen) atoms. The first kappa shape index (κ1) is 25.8. The van der Waals surface area contributed by atoms with E-state index in [1.54, 1.807) is 6.08 Å². The van der Waals surface area contributed by atoms with E-state index in [2.05, 4.69) is 29.8 Å². The molecular weight excluding hydrogens is 416 g/mol. The fourth-order valence-electron chi connectivity index (χ4n) is 3.66. The molecule has 0 aromatic carbocycles. The summed E-state index contributed by atoms with van der Waals surface area (Å²) in [5.74, 6) is 0.0400. The van der Waals surface area contributed by atoms with Crippen molar-refractivity contribution in [3.63, 3.8) is 0 Å². The molecule has 0 bridgehead atoms. The maximum absolute atomic E-state index is 12.0. The van der Waals surface area contributed by atoms with Crippen LogP contribution >= 0.6 is 15.9 Å². The fraction of sp³-hybridized carbons (Fsp3) is 0.875. The second-order valence-electron chi connectivity index (χ2n) is 8.13. The minimum Gasteiger partial charge on any atom is -0.349 e. The van der Waals surface area contributed by atoms with Gasteiger partial charge in [-0.2, -0.15) is 0 Å². The molecule has 2 atom stereocenters. The van der Waals surface area contributed by atoms with Gasteiger partial charge in [-0.05, 0) is 34.8 Å². The molecule has 0 aromatic heterocycles. The van der Waals surface area contributed by atoms with Gasteiger partial charge in [-0.15, -0.1) is 0 Å². The van der Waals surface area contributed by atoms with Gasteiger partial charge < -0.3 is 9.47 Å². The number of hydrogen-bond acceptors (Lipinski definition) is 3. The van der Waals surface area contributed by atoms with E-state index in [4.69, 9.17) is 9.47 Å². The number of ketones is 1. The van der Waals surface area contributed by atoms with E-state index in [-0.39, 0.29) is 18.2 Å². The molecule has 0 N–H and O–H groups in total. The number of carbonyl (C=O) groups excluding carboxylic acids is 1. The highest BCUT2D eigenvalue weighted by atomic mass is 79.9. The Kier molecular flexibility index (Phi) is 16.3. The van der Waals surface area contributed by atoms with Gasteiger partial charge in [0.1, 0.15) is 6.10 Å². The Balaban J connectivity index is 1.89. The summed E-state index contributed by atoms with van der Waals surface area (Å²) in [5, 5.41) is 0. The minimum atomic E-state index is -0.384. The van der Waals surface area contributed by atoms with Gasteiger partial charge in [0.15, 0.2) is 12.1 Å². The summed E-state index contributed by atoms with van der Waals surface area (Å²) in [6, 6.07) is 0. The molecule has 2 unspecified atom stereocenters. The lowest BCUT2D eigenvalue weighted by Gasteiger charge is -2.26. The molecule has 0 aromatic rings. The van der Waals surface area contributed by atoms with E-state index in [0.29, 0.717) is 11.1 Å². The molecule has 1 aliphatic rings. The van der Waals surface area contributed by atoms with Crippen molar-refractivity contribution in [2.75, 3.05) is 6.61 Å². The fourth-order valence-corrected chi connectivity index (χ4v) is 4.13. The number of ether oxygens (including phenoxy) is 2. The summed E-state index contributed by atoms with van der Waals surface area (Å²) in [6.07, 6.45) is 21.7. The van der Waals surface area contributed by atoms with Gasteiger partial charge in [0.25, 0.3) is 0 Å². The summed E-state index contributed by atoms with van der Waals surface area (Å²) >= 11 is 3.34. The monoisotopic (exact) mass is 458 g/mol. The second kappa shape index (κ2) is 17.7. The van der Waals surface area contributed by atoms with Crippen molar-refractivity contribution in [3.05, 3.63) is 10.6 Å². The third-order valence-electron chi connectivity index (χ3n) is 5.44. The first-order valence-corrected chi connectivity index (χ1v) is 12.7. The lowest BCUT2D eigenvalue weighted by Crippen LogP contribution is -2.35. The quantitative estimate of drug-likeness (QED) is 0.196. The largest absolute Gasteiger partial charge is 0.349 e. The molecule has 4 heteroatoms. The Labute approximate surface area is 182 Å². The lowest BCUT2D eigenvalue weighted by atomic mass is 10.0. The molecule has 1 aliphatic heterocycles. The Morgan fingerprint density at radius 2 is 1.32 bits per heavy atom. The minimum absolute atomic E-state index is 0.0400. The molecule has 0 spiro atoms. The third-order valence-corrected chi connectivity index (χ3v) is 6.09. The van der Waals surface area contributed by atoms with Crippen LogP contribution in [0.3, 0.4) is 0 Å². The van der Waals surface area contributed by atoms with Gasteiger partial charge in [-0.25, -0.2) is 0 Å². The van der Waals surface area contributed by atoms with Crippen molar-refractivity contribution in [2.45, 2.75) is 129 Å². The summed E-state index contributed by atoms with van der Waals surface area (Å²) < 4.78 is 12.2. The van der Waals surface area contributed by atoms with Gasteiger partial charge in [0.2, 0.25) is 0 Å². The normalized spacial score (nSPS) is 19.8. The molecular formula is C24H43BrO3. The number of hydrogen-bond donors (Lipinski definition) is 0. The molecule has 0 fully saturated rings. The number of rotatable bonds is 18.